The summed E-state index contributed by atoms with van der Waals surface area (Å²) in [6.45, 7) is 7.82. The highest BCUT2D eigenvalue weighted by Gasteiger charge is 2.23. The van der Waals surface area contributed by atoms with Gasteiger partial charge in [0.05, 0.1) is 35.2 Å². The number of thiophene rings is 1. The average molecular weight is 457 g/mol. The first-order chi connectivity index (χ1) is 15.0. The lowest BCUT2D eigenvalue weighted by Crippen LogP contribution is -2.17. The molecule has 5 heterocycles. The standard InChI is InChI=1S/C22H24N4O3S2/c1-12-13(2)26(10-15-6-4-8-28-15)22(23-12)31-14(3)19-24-20(27)18-16(11-30-21(18)25-19)17-7-5-9-29-17/h5,7,9,11,14-15H,4,6,8,10H2,1-3H3,(H,24,25,27)/t14-,15-/m1/s1. The van der Waals surface area contributed by atoms with Crippen LogP contribution >= 0.6 is 23.1 Å². The van der Waals surface area contributed by atoms with E-state index in [9.17, 15) is 4.79 Å². The summed E-state index contributed by atoms with van der Waals surface area (Å²) in [6, 6.07) is 3.67. The second kappa shape index (κ2) is 8.29. The molecule has 0 amide bonds. The molecule has 0 radical (unpaired) electrons. The summed E-state index contributed by atoms with van der Waals surface area (Å²) in [5, 5.41) is 3.38. The SMILES string of the molecule is Cc1nc(S[C@H](C)c2nc3scc(-c4ccco4)c3c(=O)[nH]2)n(C[C@H]2CCCO2)c1C. The van der Waals surface area contributed by atoms with E-state index in [0.29, 0.717) is 21.8 Å². The Morgan fingerprint density at radius 1 is 1.39 bits per heavy atom. The largest absolute Gasteiger partial charge is 0.464 e. The smallest absolute Gasteiger partial charge is 0.260 e. The van der Waals surface area contributed by atoms with Gasteiger partial charge in [0, 0.05) is 23.2 Å². The van der Waals surface area contributed by atoms with Gasteiger partial charge >= 0.3 is 0 Å². The Kier molecular flexibility index (Phi) is 5.49. The van der Waals surface area contributed by atoms with E-state index in [0.717, 1.165) is 48.1 Å². The molecule has 0 bridgehead atoms. The van der Waals surface area contributed by atoms with Gasteiger partial charge in [-0.1, -0.05) is 11.8 Å². The molecule has 1 saturated heterocycles. The number of nitrogens with zero attached hydrogens (tertiary/aromatic N) is 3. The molecule has 2 atom stereocenters. The van der Waals surface area contributed by atoms with Crippen molar-refractivity contribution in [1.29, 1.82) is 0 Å². The molecule has 5 rings (SSSR count). The van der Waals surface area contributed by atoms with E-state index in [1.807, 2.05) is 31.4 Å². The van der Waals surface area contributed by atoms with Crippen molar-refractivity contribution in [3.8, 4) is 11.3 Å². The summed E-state index contributed by atoms with van der Waals surface area (Å²) in [5.74, 6) is 1.33. The van der Waals surface area contributed by atoms with Crippen LogP contribution in [0.2, 0.25) is 0 Å². The molecule has 0 aliphatic carbocycles. The fraction of sp³-hybridized carbons (Fsp3) is 0.409. The van der Waals surface area contributed by atoms with Crippen molar-refractivity contribution in [2.24, 2.45) is 0 Å². The summed E-state index contributed by atoms with van der Waals surface area (Å²) < 4.78 is 13.6. The topological polar surface area (TPSA) is 85.9 Å². The zero-order chi connectivity index (χ0) is 21.5. The number of rotatable bonds is 6. The Hall–Kier alpha value is -2.36. The highest BCUT2D eigenvalue weighted by molar-refractivity contribution is 7.99. The lowest BCUT2D eigenvalue weighted by Gasteiger charge is -2.16. The Labute approximate surface area is 187 Å². The number of H-pyrrole nitrogens is 1. The third-order valence-corrected chi connectivity index (χ3v) is 7.72. The molecule has 0 unspecified atom stereocenters. The predicted molar refractivity (Wildman–Crippen MR) is 123 cm³/mol. The van der Waals surface area contributed by atoms with Crippen LogP contribution in [0.25, 0.3) is 21.5 Å². The van der Waals surface area contributed by atoms with E-state index in [-0.39, 0.29) is 16.9 Å². The number of hydrogen-bond donors (Lipinski definition) is 1. The molecule has 0 aromatic carbocycles. The first-order valence-electron chi connectivity index (χ1n) is 10.4. The van der Waals surface area contributed by atoms with Crippen LogP contribution in [0, 0.1) is 13.8 Å². The molecule has 4 aromatic rings. The van der Waals surface area contributed by atoms with Gasteiger partial charge in [-0.2, -0.15) is 0 Å². The zero-order valence-electron chi connectivity index (χ0n) is 17.7. The number of aromatic amines is 1. The summed E-state index contributed by atoms with van der Waals surface area (Å²) in [6.07, 6.45) is 4.04. The molecule has 1 aliphatic heterocycles. The number of thioether (sulfide) groups is 1. The molecule has 31 heavy (non-hydrogen) atoms. The van der Waals surface area contributed by atoms with E-state index < -0.39 is 0 Å². The number of fused-ring (bicyclic) bond motifs is 1. The zero-order valence-corrected chi connectivity index (χ0v) is 19.3. The lowest BCUT2D eigenvalue weighted by molar-refractivity contribution is 0.0944. The quantitative estimate of drug-likeness (QED) is 0.407. The minimum absolute atomic E-state index is 0.0595. The molecule has 0 saturated carbocycles. The van der Waals surface area contributed by atoms with Crippen molar-refractivity contribution < 1.29 is 9.15 Å². The first-order valence-corrected chi connectivity index (χ1v) is 12.1. The van der Waals surface area contributed by atoms with Crippen LogP contribution < -0.4 is 5.56 Å². The number of ether oxygens (including phenoxy) is 1. The van der Waals surface area contributed by atoms with Gasteiger partial charge < -0.3 is 18.7 Å². The third kappa shape index (κ3) is 3.86. The highest BCUT2D eigenvalue weighted by atomic mass is 32.2. The van der Waals surface area contributed by atoms with Crippen molar-refractivity contribution in [2.75, 3.05) is 6.61 Å². The minimum atomic E-state index is -0.143. The number of aromatic nitrogens is 4. The average Bonchev–Trinajstić information content (AvgIpc) is 3.54. The van der Waals surface area contributed by atoms with Gasteiger partial charge in [-0.05, 0) is 45.7 Å². The minimum Gasteiger partial charge on any atom is -0.464 e. The molecular weight excluding hydrogens is 432 g/mol. The molecule has 1 fully saturated rings. The van der Waals surface area contributed by atoms with Crippen LogP contribution in [0.3, 0.4) is 0 Å². The van der Waals surface area contributed by atoms with Gasteiger partial charge in [-0.25, -0.2) is 9.97 Å². The Morgan fingerprint density at radius 3 is 3.00 bits per heavy atom. The van der Waals surface area contributed by atoms with Gasteiger partial charge in [0.1, 0.15) is 16.4 Å². The van der Waals surface area contributed by atoms with Gasteiger partial charge in [-0.15, -0.1) is 11.3 Å². The van der Waals surface area contributed by atoms with Crippen LogP contribution in [0.4, 0.5) is 0 Å². The number of hydrogen-bond acceptors (Lipinski definition) is 7. The Bertz CT molecular complexity index is 1270. The number of aryl methyl sites for hydroxylation is 1. The molecular formula is C22H24N4O3S2. The van der Waals surface area contributed by atoms with E-state index in [2.05, 4.69) is 16.5 Å². The molecule has 1 N–H and O–H groups in total. The number of imidazole rings is 1. The summed E-state index contributed by atoms with van der Waals surface area (Å²) in [5.41, 5.74) is 2.81. The summed E-state index contributed by atoms with van der Waals surface area (Å²) in [4.78, 5) is 26.2. The fourth-order valence-corrected chi connectivity index (χ4v) is 5.91. The van der Waals surface area contributed by atoms with Crippen LogP contribution in [0.1, 0.15) is 42.2 Å². The van der Waals surface area contributed by atoms with Crippen LogP contribution in [-0.2, 0) is 11.3 Å². The predicted octanol–water partition coefficient (Wildman–Crippen LogP) is 5.09. The van der Waals surface area contributed by atoms with Gasteiger partial charge in [0.25, 0.3) is 5.56 Å². The van der Waals surface area contributed by atoms with Gasteiger partial charge in [0.15, 0.2) is 5.16 Å². The normalized spacial score (nSPS) is 17.6. The molecule has 4 aromatic heterocycles. The van der Waals surface area contributed by atoms with Crippen LogP contribution in [-0.4, -0.2) is 32.2 Å². The Balaban J connectivity index is 1.44. The maximum atomic E-state index is 12.9. The van der Waals surface area contributed by atoms with Crippen molar-refractivity contribution in [1.82, 2.24) is 19.5 Å². The summed E-state index contributed by atoms with van der Waals surface area (Å²) in [7, 11) is 0. The number of furan rings is 1. The van der Waals surface area contributed by atoms with E-state index in [1.54, 1.807) is 18.0 Å². The van der Waals surface area contributed by atoms with Crippen molar-refractivity contribution in [3.63, 3.8) is 0 Å². The Morgan fingerprint density at radius 2 is 2.26 bits per heavy atom. The monoisotopic (exact) mass is 456 g/mol. The van der Waals surface area contributed by atoms with E-state index in [1.165, 1.54) is 11.3 Å². The van der Waals surface area contributed by atoms with Crippen molar-refractivity contribution >= 4 is 33.3 Å². The second-order valence-corrected chi connectivity index (χ2v) is 9.99. The van der Waals surface area contributed by atoms with E-state index >= 15 is 0 Å². The molecule has 1 aliphatic rings. The maximum absolute atomic E-state index is 12.9. The molecule has 0 spiro atoms. The van der Waals surface area contributed by atoms with E-state index in [4.69, 9.17) is 19.1 Å². The third-order valence-electron chi connectivity index (χ3n) is 5.75. The van der Waals surface area contributed by atoms with Gasteiger partial charge in [0.2, 0.25) is 0 Å². The van der Waals surface area contributed by atoms with Crippen molar-refractivity contribution in [3.05, 3.63) is 51.3 Å². The highest BCUT2D eigenvalue weighted by Crippen LogP contribution is 2.36. The van der Waals surface area contributed by atoms with Crippen LogP contribution in [0.5, 0.6) is 0 Å². The second-order valence-electron chi connectivity index (χ2n) is 7.83. The summed E-state index contributed by atoms with van der Waals surface area (Å²) >= 11 is 3.07. The lowest BCUT2D eigenvalue weighted by atomic mass is 10.2. The first kappa shape index (κ1) is 20.5. The molecule has 7 nitrogen and oxygen atoms in total. The maximum Gasteiger partial charge on any atom is 0.260 e. The molecule has 9 heteroatoms. The fourth-order valence-electron chi connectivity index (χ4n) is 3.91. The van der Waals surface area contributed by atoms with Gasteiger partial charge in [-0.3, -0.25) is 4.79 Å². The van der Waals surface area contributed by atoms with Crippen molar-refractivity contribution in [2.45, 2.75) is 56.7 Å². The van der Waals surface area contributed by atoms with Crippen LogP contribution in [0.15, 0.2) is 38.1 Å². The molecule has 162 valence electrons. The number of nitrogens with one attached hydrogen (secondary N) is 1.